The van der Waals surface area contributed by atoms with Crippen molar-refractivity contribution in [2.24, 2.45) is 0 Å². The fourth-order valence-electron chi connectivity index (χ4n) is 11.8. The normalized spacial score (nSPS) is 15.8. The van der Waals surface area contributed by atoms with Crippen molar-refractivity contribution < 1.29 is 0 Å². The summed E-state index contributed by atoms with van der Waals surface area (Å²) < 4.78 is 0. The number of aryl methyl sites for hydroxylation is 2. The largest absolute Gasteiger partial charge is 0.310 e. The molecule has 0 N–H and O–H groups in total. The molecule has 0 atom stereocenters. The highest BCUT2D eigenvalue weighted by molar-refractivity contribution is 6.02. The zero-order valence-corrected chi connectivity index (χ0v) is 34.0. The Labute approximate surface area is 342 Å². The van der Waals surface area contributed by atoms with Crippen LogP contribution in [-0.4, -0.2) is 0 Å². The lowest BCUT2D eigenvalue weighted by Crippen LogP contribution is -2.26. The molecule has 1 heteroatoms. The number of hydrogen-bond donors (Lipinski definition) is 0. The number of benzene rings is 8. The highest BCUT2D eigenvalue weighted by atomic mass is 15.1. The molecule has 4 aliphatic rings. The van der Waals surface area contributed by atoms with Gasteiger partial charge in [0.2, 0.25) is 0 Å². The molecule has 0 saturated heterocycles. The third kappa shape index (κ3) is 4.11. The van der Waals surface area contributed by atoms with E-state index < -0.39 is 5.41 Å². The van der Waals surface area contributed by atoms with Gasteiger partial charge in [-0.3, -0.25) is 0 Å². The Balaban J connectivity index is 1.18. The first-order valence-corrected chi connectivity index (χ1v) is 20.8. The fraction of sp³-hybridized carbons (Fsp3) is 0.158. The summed E-state index contributed by atoms with van der Waals surface area (Å²) in [5.41, 5.74) is 27.1. The van der Waals surface area contributed by atoms with Gasteiger partial charge in [0.05, 0.1) is 11.1 Å². The number of nitrogens with zero attached hydrogens (tertiary/aromatic N) is 1. The van der Waals surface area contributed by atoms with Crippen LogP contribution in [0.1, 0.15) is 83.3 Å². The molecule has 1 nitrogen and oxygen atoms in total. The van der Waals surface area contributed by atoms with E-state index in [9.17, 15) is 0 Å². The number of hydrogen-bond acceptors (Lipinski definition) is 1. The van der Waals surface area contributed by atoms with Gasteiger partial charge in [0, 0.05) is 27.8 Å². The van der Waals surface area contributed by atoms with Crippen LogP contribution in [0.5, 0.6) is 0 Å². The molecule has 0 radical (unpaired) electrons. The minimum Gasteiger partial charge on any atom is -0.310 e. The summed E-state index contributed by atoms with van der Waals surface area (Å²) in [6, 6.07) is 62.9. The van der Waals surface area contributed by atoms with E-state index in [1.54, 1.807) is 0 Å². The van der Waals surface area contributed by atoms with Crippen molar-refractivity contribution in [3.8, 4) is 44.5 Å². The zero-order chi connectivity index (χ0) is 39.3. The first-order chi connectivity index (χ1) is 28.1. The number of fused-ring (bicyclic) bond motifs is 16. The summed E-state index contributed by atoms with van der Waals surface area (Å²) in [5, 5.41) is 0. The zero-order valence-electron chi connectivity index (χ0n) is 34.0. The van der Waals surface area contributed by atoms with Crippen LogP contribution in [0.2, 0.25) is 0 Å². The van der Waals surface area contributed by atoms with Crippen molar-refractivity contribution in [1.82, 2.24) is 0 Å². The molecule has 12 rings (SSSR count). The molecule has 0 unspecified atom stereocenters. The van der Waals surface area contributed by atoms with E-state index in [0.717, 1.165) is 0 Å². The van der Waals surface area contributed by atoms with Crippen LogP contribution < -0.4 is 4.90 Å². The Hall–Kier alpha value is -6.44. The van der Waals surface area contributed by atoms with E-state index in [-0.39, 0.29) is 10.8 Å². The van der Waals surface area contributed by atoms with Crippen molar-refractivity contribution in [3.05, 3.63) is 219 Å². The summed E-state index contributed by atoms with van der Waals surface area (Å²) in [5.74, 6) is 0. The fourth-order valence-corrected chi connectivity index (χ4v) is 11.8. The average Bonchev–Trinajstić information content (AvgIpc) is 3.86. The smallest absolute Gasteiger partial charge is 0.0726 e. The maximum absolute atomic E-state index is 2.60. The van der Waals surface area contributed by atoms with E-state index in [0.29, 0.717) is 0 Å². The third-order valence-corrected chi connectivity index (χ3v) is 14.4. The molecule has 58 heavy (non-hydrogen) atoms. The van der Waals surface area contributed by atoms with Gasteiger partial charge < -0.3 is 4.90 Å². The van der Waals surface area contributed by atoms with Gasteiger partial charge >= 0.3 is 0 Å². The quantitative estimate of drug-likeness (QED) is 0.174. The Morgan fingerprint density at radius 2 is 0.741 bits per heavy atom. The second-order valence-electron chi connectivity index (χ2n) is 18.2. The molecule has 8 aromatic carbocycles. The minimum atomic E-state index is -0.431. The van der Waals surface area contributed by atoms with Gasteiger partial charge in [-0.2, -0.15) is 0 Å². The lowest BCUT2D eigenvalue weighted by molar-refractivity contribution is 0.660. The van der Waals surface area contributed by atoms with Gasteiger partial charge in [-0.25, -0.2) is 0 Å². The van der Waals surface area contributed by atoms with Crippen molar-refractivity contribution in [1.29, 1.82) is 0 Å². The Kier molecular flexibility index (Phi) is 6.60. The highest BCUT2D eigenvalue weighted by Crippen LogP contribution is 2.65. The molecular weight excluding hydrogens is 699 g/mol. The Bertz CT molecular complexity index is 2950. The van der Waals surface area contributed by atoms with Crippen LogP contribution in [-0.2, 0) is 16.2 Å². The van der Waals surface area contributed by atoms with E-state index in [4.69, 9.17) is 0 Å². The summed E-state index contributed by atoms with van der Waals surface area (Å²) in [6.07, 6.45) is 0. The second kappa shape index (κ2) is 11.4. The Morgan fingerprint density at radius 3 is 1.26 bits per heavy atom. The second-order valence-corrected chi connectivity index (χ2v) is 18.2. The van der Waals surface area contributed by atoms with Crippen LogP contribution in [0.4, 0.5) is 17.1 Å². The average molecular weight is 744 g/mol. The van der Waals surface area contributed by atoms with Crippen LogP contribution in [0, 0.1) is 13.8 Å². The van der Waals surface area contributed by atoms with Crippen molar-refractivity contribution in [2.45, 2.75) is 57.8 Å². The third-order valence-electron chi connectivity index (χ3n) is 14.4. The van der Waals surface area contributed by atoms with Gasteiger partial charge in [0.25, 0.3) is 0 Å². The summed E-state index contributed by atoms with van der Waals surface area (Å²) in [4.78, 5) is 2.60. The molecule has 0 aliphatic heterocycles. The Morgan fingerprint density at radius 1 is 0.328 bits per heavy atom. The molecule has 1 spiro atoms. The van der Waals surface area contributed by atoms with Crippen molar-refractivity contribution >= 4 is 17.1 Å². The van der Waals surface area contributed by atoms with Gasteiger partial charge in [0.15, 0.2) is 0 Å². The molecule has 0 bridgehead atoms. The lowest BCUT2D eigenvalue weighted by Gasteiger charge is -2.33. The van der Waals surface area contributed by atoms with Gasteiger partial charge in [-0.05, 0) is 133 Å². The lowest BCUT2D eigenvalue weighted by atomic mass is 9.70. The SMILES string of the molecule is Cc1ccc2c(c1)C1(c3ccccc3-c3ccccc31)c1cc(C)cc(N(c3ccc4c(c3)C(C)(C)c3ccccc3-4)c3ccc4c(c3)C(C)(C)c3ccccc3-4)c1-2. The van der Waals surface area contributed by atoms with Gasteiger partial charge in [-0.1, -0.05) is 167 Å². The molecule has 0 saturated carbocycles. The van der Waals surface area contributed by atoms with E-state index >= 15 is 0 Å². The predicted octanol–water partition coefficient (Wildman–Crippen LogP) is 14.7. The summed E-state index contributed by atoms with van der Waals surface area (Å²) >= 11 is 0. The standard InChI is InChI=1S/C57H45N/c1-34-23-26-44-51(29-34)57(47-21-13-9-17-40(47)41-18-10-14-22-48(41)57)52-30-35(2)31-53(54(44)52)58(36-24-27-42-38-15-7-11-19-45(38)55(3,4)49(42)32-36)37-25-28-43-39-16-8-12-20-46(39)56(5,6)50(43)33-37/h7-33H,1-6H3. The van der Waals surface area contributed by atoms with Gasteiger partial charge in [0.1, 0.15) is 0 Å². The van der Waals surface area contributed by atoms with Crippen LogP contribution in [0.3, 0.4) is 0 Å². The maximum atomic E-state index is 2.60. The molecule has 0 heterocycles. The predicted molar refractivity (Wildman–Crippen MR) is 242 cm³/mol. The van der Waals surface area contributed by atoms with Gasteiger partial charge in [-0.15, -0.1) is 0 Å². The van der Waals surface area contributed by atoms with Crippen molar-refractivity contribution in [3.63, 3.8) is 0 Å². The first kappa shape index (κ1) is 33.7. The van der Waals surface area contributed by atoms with E-state index in [1.165, 1.54) is 117 Å². The maximum Gasteiger partial charge on any atom is 0.0726 e. The van der Waals surface area contributed by atoms with Crippen LogP contribution in [0.15, 0.2) is 164 Å². The molecular formula is C57H45N. The van der Waals surface area contributed by atoms with E-state index in [1.807, 2.05) is 0 Å². The number of anilines is 3. The summed E-state index contributed by atoms with van der Waals surface area (Å²) in [7, 11) is 0. The minimum absolute atomic E-state index is 0.130. The first-order valence-electron chi connectivity index (χ1n) is 20.8. The molecule has 4 aliphatic carbocycles. The molecule has 0 fully saturated rings. The van der Waals surface area contributed by atoms with E-state index in [2.05, 4.69) is 210 Å². The van der Waals surface area contributed by atoms with Crippen molar-refractivity contribution in [2.75, 3.05) is 4.90 Å². The summed E-state index contributed by atoms with van der Waals surface area (Å²) in [6.45, 7) is 14.1. The number of rotatable bonds is 3. The van der Waals surface area contributed by atoms with Crippen LogP contribution in [0.25, 0.3) is 44.5 Å². The topological polar surface area (TPSA) is 3.24 Å². The molecule has 0 aromatic heterocycles. The van der Waals surface area contributed by atoms with Crippen LogP contribution >= 0.6 is 0 Å². The molecule has 278 valence electrons. The highest BCUT2D eigenvalue weighted by Gasteiger charge is 2.53. The monoisotopic (exact) mass is 743 g/mol. The molecule has 8 aromatic rings. The molecule has 0 amide bonds.